The molecule has 0 bridgehead atoms. The fraction of sp³-hybridized carbons (Fsp3) is 0.522. The van der Waals surface area contributed by atoms with Gasteiger partial charge in [0.1, 0.15) is 0 Å². The molecule has 0 radical (unpaired) electrons. The van der Waals surface area contributed by atoms with Crippen LogP contribution < -0.4 is 5.56 Å². The van der Waals surface area contributed by atoms with Crippen molar-refractivity contribution in [3.05, 3.63) is 46.3 Å². The second-order valence-corrected chi connectivity index (χ2v) is 8.98. The molecule has 1 aromatic heterocycles. The summed E-state index contributed by atoms with van der Waals surface area (Å²) in [5, 5.41) is 1.26. The molecule has 1 fully saturated rings. The van der Waals surface area contributed by atoms with Crippen molar-refractivity contribution in [3.63, 3.8) is 0 Å². The van der Waals surface area contributed by atoms with E-state index >= 15 is 0 Å². The molecule has 160 valence electrons. The molecule has 1 saturated heterocycles. The Balaban J connectivity index is 1.54. The van der Waals surface area contributed by atoms with E-state index in [0.717, 1.165) is 19.3 Å². The highest BCUT2D eigenvalue weighted by Gasteiger charge is 2.22. The van der Waals surface area contributed by atoms with Gasteiger partial charge in [-0.15, -0.1) is 0 Å². The highest BCUT2D eigenvalue weighted by Crippen LogP contribution is 2.23. The normalized spacial score (nSPS) is 19.7. The van der Waals surface area contributed by atoms with Crippen molar-refractivity contribution in [1.82, 2.24) is 14.5 Å². The number of thioether (sulfide) groups is 1. The lowest BCUT2D eigenvalue weighted by molar-refractivity contribution is -0.135. The van der Waals surface area contributed by atoms with Crippen molar-refractivity contribution in [3.8, 4) is 0 Å². The Morgan fingerprint density at radius 2 is 2.17 bits per heavy atom. The number of carbonyl (C=O) groups excluding carboxylic acids is 1. The minimum Gasteiger partial charge on any atom is -0.375 e. The number of amides is 1. The van der Waals surface area contributed by atoms with Crippen LogP contribution in [0.1, 0.15) is 39.0 Å². The zero-order valence-corrected chi connectivity index (χ0v) is 18.3. The van der Waals surface area contributed by atoms with E-state index in [0.29, 0.717) is 42.3 Å². The van der Waals surface area contributed by atoms with Crippen molar-refractivity contribution in [2.45, 2.75) is 56.8 Å². The molecule has 1 aliphatic carbocycles. The van der Waals surface area contributed by atoms with Gasteiger partial charge in [0.05, 0.1) is 29.4 Å². The first-order valence-electron chi connectivity index (χ1n) is 10.8. The molecule has 2 heterocycles. The Hall–Kier alpha value is -2.12. The third-order valence-corrected chi connectivity index (χ3v) is 6.75. The highest BCUT2D eigenvalue weighted by molar-refractivity contribution is 7.99. The second kappa shape index (κ2) is 9.79. The first kappa shape index (κ1) is 21.1. The van der Waals surface area contributed by atoms with Crippen LogP contribution in [0.3, 0.4) is 0 Å². The number of aromatic nitrogens is 2. The van der Waals surface area contributed by atoms with Crippen molar-refractivity contribution in [1.29, 1.82) is 0 Å². The minimum absolute atomic E-state index is 0.0213. The quantitative estimate of drug-likeness (QED) is 0.400. The summed E-state index contributed by atoms with van der Waals surface area (Å²) in [6.45, 7) is 4.40. The van der Waals surface area contributed by atoms with Gasteiger partial charge in [-0.3, -0.25) is 14.2 Å². The van der Waals surface area contributed by atoms with Crippen LogP contribution in [-0.2, 0) is 16.1 Å². The van der Waals surface area contributed by atoms with Crippen molar-refractivity contribution in [2.24, 2.45) is 0 Å². The maximum Gasteiger partial charge on any atom is 0.262 e. The zero-order valence-electron chi connectivity index (χ0n) is 17.5. The third kappa shape index (κ3) is 4.95. The molecule has 0 N–H and O–H groups in total. The van der Waals surface area contributed by atoms with E-state index in [1.807, 2.05) is 36.1 Å². The molecule has 2 aromatic rings. The van der Waals surface area contributed by atoms with E-state index in [-0.39, 0.29) is 23.3 Å². The van der Waals surface area contributed by atoms with Gasteiger partial charge in [-0.25, -0.2) is 4.98 Å². The Labute approximate surface area is 181 Å². The third-order valence-electron chi connectivity index (χ3n) is 5.79. The summed E-state index contributed by atoms with van der Waals surface area (Å²) >= 11 is 1.37. The van der Waals surface area contributed by atoms with Crippen molar-refractivity contribution in [2.75, 3.05) is 25.4 Å². The van der Waals surface area contributed by atoms with Crippen LogP contribution in [0.25, 0.3) is 10.9 Å². The number of carbonyl (C=O) groups is 1. The monoisotopic (exact) mass is 427 g/mol. The van der Waals surface area contributed by atoms with Gasteiger partial charge < -0.3 is 9.64 Å². The van der Waals surface area contributed by atoms with Crippen molar-refractivity contribution < 1.29 is 9.53 Å². The summed E-state index contributed by atoms with van der Waals surface area (Å²) in [7, 11) is 0. The molecule has 1 amide bonds. The van der Waals surface area contributed by atoms with E-state index in [2.05, 4.69) is 6.08 Å². The maximum absolute atomic E-state index is 13.2. The predicted molar refractivity (Wildman–Crippen MR) is 120 cm³/mol. The van der Waals surface area contributed by atoms with E-state index in [9.17, 15) is 9.59 Å². The van der Waals surface area contributed by atoms with E-state index < -0.39 is 0 Å². The summed E-state index contributed by atoms with van der Waals surface area (Å²) in [5.74, 6) is 0.347. The van der Waals surface area contributed by atoms with E-state index in [1.165, 1.54) is 30.2 Å². The van der Waals surface area contributed by atoms with Crippen LogP contribution >= 0.6 is 11.8 Å². The molecule has 30 heavy (non-hydrogen) atoms. The first-order chi connectivity index (χ1) is 14.6. The number of allylic oxidation sites excluding steroid dienone is 2. The standard InChI is InChI=1S/C23H29N3O3S/c1-17-15-25(13-14-29-17)21(27)16-30-23-24-20-10-6-5-9-19(20)22(28)26(23)12-11-18-7-3-2-4-8-18/h5-7,9-10,17H,2-4,8,11-16H2,1H3. The predicted octanol–water partition coefficient (Wildman–Crippen LogP) is 3.63. The van der Waals surface area contributed by atoms with Crippen LogP contribution in [0, 0.1) is 0 Å². The molecule has 1 aliphatic heterocycles. The Morgan fingerprint density at radius 3 is 2.97 bits per heavy atom. The first-order valence-corrected chi connectivity index (χ1v) is 11.8. The van der Waals surface area contributed by atoms with Gasteiger partial charge >= 0.3 is 0 Å². The van der Waals surface area contributed by atoms with Gasteiger partial charge in [0.2, 0.25) is 5.91 Å². The van der Waals surface area contributed by atoms with Crippen molar-refractivity contribution >= 4 is 28.6 Å². The fourth-order valence-corrected chi connectivity index (χ4v) is 5.03. The summed E-state index contributed by atoms with van der Waals surface area (Å²) < 4.78 is 7.29. The van der Waals surface area contributed by atoms with Crippen LogP contribution in [0.4, 0.5) is 0 Å². The number of rotatable bonds is 6. The number of nitrogens with zero attached hydrogens (tertiary/aromatic N) is 3. The summed E-state index contributed by atoms with van der Waals surface area (Å²) in [5.41, 5.74) is 2.09. The lowest BCUT2D eigenvalue weighted by Gasteiger charge is -2.31. The number of para-hydroxylation sites is 1. The topological polar surface area (TPSA) is 64.4 Å². The number of hydrogen-bond acceptors (Lipinski definition) is 5. The van der Waals surface area contributed by atoms with Crippen LogP contribution in [-0.4, -0.2) is 51.9 Å². The zero-order chi connectivity index (χ0) is 20.9. The Bertz CT molecular complexity index is 1000. The van der Waals surface area contributed by atoms with Gasteiger partial charge in [0.25, 0.3) is 5.56 Å². The smallest absolute Gasteiger partial charge is 0.262 e. The van der Waals surface area contributed by atoms with Crippen LogP contribution in [0.5, 0.6) is 0 Å². The Kier molecular flexibility index (Phi) is 6.89. The van der Waals surface area contributed by atoms with Crippen LogP contribution in [0.15, 0.2) is 45.9 Å². The lowest BCUT2D eigenvalue weighted by atomic mass is 9.97. The number of fused-ring (bicyclic) bond motifs is 1. The maximum atomic E-state index is 13.2. The molecule has 4 rings (SSSR count). The number of benzene rings is 1. The van der Waals surface area contributed by atoms with Crippen LogP contribution in [0.2, 0.25) is 0 Å². The summed E-state index contributed by atoms with van der Waals surface area (Å²) in [4.78, 5) is 32.5. The lowest BCUT2D eigenvalue weighted by Crippen LogP contribution is -2.45. The highest BCUT2D eigenvalue weighted by atomic mass is 32.2. The summed E-state index contributed by atoms with van der Waals surface area (Å²) in [6, 6.07) is 7.45. The minimum atomic E-state index is -0.0213. The molecule has 2 aliphatic rings. The van der Waals surface area contributed by atoms with Gasteiger partial charge in [0, 0.05) is 19.6 Å². The summed E-state index contributed by atoms with van der Waals surface area (Å²) in [6.07, 6.45) is 7.98. The van der Waals surface area contributed by atoms with Gasteiger partial charge in [-0.2, -0.15) is 0 Å². The second-order valence-electron chi connectivity index (χ2n) is 8.04. The van der Waals surface area contributed by atoms with E-state index in [4.69, 9.17) is 9.72 Å². The molecule has 0 spiro atoms. The van der Waals surface area contributed by atoms with Gasteiger partial charge in [-0.05, 0) is 51.2 Å². The average Bonchev–Trinajstić information content (AvgIpc) is 2.77. The number of ether oxygens (including phenoxy) is 1. The SMILES string of the molecule is CC1CN(C(=O)CSc2nc3ccccc3c(=O)n2CCC2=CCCCC2)CCO1. The van der Waals surface area contributed by atoms with Gasteiger partial charge in [0.15, 0.2) is 5.16 Å². The Morgan fingerprint density at radius 1 is 1.30 bits per heavy atom. The molecule has 7 heteroatoms. The molecular weight excluding hydrogens is 398 g/mol. The van der Waals surface area contributed by atoms with E-state index in [1.54, 1.807) is 4.57 Å². The molecule has 1 aromatic carbocycles. The van der Waals surface area contributed by atoms with Gasteiger partial charge in [-0.1, -0.05) is 35.5 Å². The average molecular weight is 428 g/mol. The molecule has 6 nitrogen and oxygen atoms in total. The molecule has 1 unspecified atom stereocenters. The molecule has 1 atom stereocenters. The fourth-order valence-electron chi connectivity index (χ4n) is 4.10. The number of hydrogen-bond donors (Lipinski definition) is 0. The molecule has 0 saturated carbocycles. The molecular formula is C23H29N3O3S. The largest absolute Gasteiger partial charge is 0.375 e. The number of morpholine rings is 1.